The summed E-state index contributed by atoms with van der Waals surface area (Å²) in [5.41, 5.74) is 4.28. The van der Waals surface area contributed by atoms with E-state index < -0.39 is 0 Å². The molecule has 31 heavy (non-hydrogen) atoms. The van der Waals surface area contributed by atoms with Gasteiger partial charge in [-0.05, 0) is 48.5 Å². The number of rotatable bonds is 5. The van der Waals surface area contributed by atoms with Gasteiger partial charge in [-0.15, -0.1) is 0 Å². The highest BCUT2D eigenvalue weighted by Crippen LogP contribution is 2.32. The summed E-state index contributed by atoms with van der Waals surface area (Å²) < 4.78 is 21.2. The summed E-state index contributed by atoms with van der Waals surface area (Å²) in [6.45, 7) is 0. The highest BCUT2D eigenvalue weighted by Gasteiger charge is 2.17. The highest BCUT2D eigenvalue weighted by molar-refractivity contribution is 6.30. The Morgan fingerprint density at radius 3 is 2.61 bits per heavy atom. The van der Waals surface area contributed by atoms with Gasteiger partial charge in [-0.1, -0.05) is 23.7 Å². The number of para-hydroxylation sites is 2. The number of halogens is 2. The number of fused-ring (bicyclic) bond motifs is 1. The number of nitrogens with one attached hydrogen (secondary N) is 1. The smallest absolute Gasteiger partial charge is 0.148 e. The Hall–Kier alpha value is -3.64. The second-order valence-electron chi connectivity index (χ2n) is 7.12. The fourth-order valence-electron chi connectivity index (χ4n) is 3.61. The van der Waals surface area contributed by atoms with Crippen LogP contribution in [0.25, 0.3) is 28.1 Å². The van der Waals surface area contributed by atoms with Crippen molar-refractivity contribution in [3.05, 3.63) is 95.3 Å². The maximum absolute atomic E-state index is 13.8. The van der Waals surface area contributed by atoms with Gasteiger partial charge in [0.1, 0.15) is 23.2 Å². The summed E-state index contributed by atoms with van der Waals surface area (Å²) in [5.74, 6) is 1.51. The number of imidazole rings is 2. The van der Waals surface area contributed by atoms with Gasteiger partial charge >= 0.3 is 0 Å². The van der Waals surface area contributed by atoms with Crippen LogP contribution in [0.1, 0.15) is 11.5 Å². The number of benzene rings is 3. The summed E-state index contributed by atoms with van der Waals surface area (Å²) in [4.78, 5) is 12.8. The Morgan fingerprint density at radius 1 is 1.03 bits per heavy atom. The van der Waals surface area contributed by atoms with E-state index in [2.05, 4.69) is 9.97 Å². The predicted molar refractivity (Wildman–Crippen MR) is 119 cm³/mol. The second kappa shape index (κ2) is 7.89. The van der Waals surface area contributed by atoms with Crippen molar-refractivity contribution in [2.45, 2.75) is 6.42 Å². The number of hydrogen-bond acceptors (Lipinski definition) is 3. The average Bonchev–Trinajstić information content (AvgIpc) is 3.38. The Kier molecular flexibility index (Phi) is 4.92. The number of aromatic nitrogens is 4. The van der Waals surface area contributed by atoms with Crippen molar-refractivity contribution in [2.75, 3.05) is 7.11 Å². The topological polar surface area (TPSA) is 55.7 Å². The van der Waals surface area contributed by atoms with Crippen molar-refractivity contribution in [1.82, 2.24) is 19.5 Å². The summed E-state index contributed by atoms with van der Waals surface area (Å²) in [6.07, 6.45) is 2.47. The lowest BCUT2D eigenvalue weighted by atomic mass is 10.1. The fraction of sp³-hybridized carbons (Fsp3) is 0.0833. The van der Waals surface area contributed by atoms with Crippen LogP contribution in [0.4, 0.5) is 4.39 Å². The molecule has 3 aromatic carbocycles. The van der Waals surface area contributed by atoms with Gasteiger partial charge in [0.15, 0.2) is 0 Å². The summed E-state index contributed by atoms with van der Waals surface area (Å²) >= 11 is 6.07. The van der Waals surface area contributed by atoms with E-state index >= 15 is 0 Å². The molecule has 0 aliphatic carbocycles. The molecule has 0 spiro atoms. The lowest BCUT2D eigenvalue weighted by Crippen LogP contribution is -1.98. The van der Waals surface area contributed by atoms with Gasteiger partial charge in [0.05, 0.1) is 29.4 Å². The lowest BCUT2D eigenvalue weighted by molar-refractivity contribution is 0.412. The van der Waals surface area contributed by atoms with Crippen molar-refractivity contribution in [2.24, 2.45) is 0 Å². The molecular formula is C24H18ClFN4O. The fourth-order valence-corrected chi connectivity index (χ4v) is 3.74. The molecule has 2 aromatic heterocycles. The molecule has 0 atom stereocenters. The zero-order valence-corrected chi connectivity index (χ0v) is 17.4. The lowest BCUT2D eigenvalue weighted by Gasteiger charge is -2.11. The molecule has 0 aliphatic heterocycles. The van der Waals surface area contributed by atoms with Crippen molar-refractivity contribution in [1.29, 1.82) is 0 Å². The molecule has 0 bridgehead atoms. The third-order valence-corrected chi connectivity index (χ3v) is 5.30. The van der Waals surface area contributed by atoms with Crippen LogP contribution in [0.3, 0.4) is 0 Å². The normalized spacial score (nSPS) is 11.2. The third-order valence-electron chi connectivity index (χ3n) is 5.05. The van der Waals surface area contributed by atoms with Gasteiger partial charge in [0.25, 0.3) is 0 Å². The molecule has 0 radical (unpaired) electrons. The van der Waals surface area contributed by atoms with Crippen molar-refractivity contribution in [3.63, 3.8) is 0 Å². The largest absolute Gasteiger partial charge is 0.496 e. The summed E-state index contributed by atoms with van der Waals surface area (Å²) in [7, 11) is 1.52. The van der Waals surface area contributed by atoms with Crippen molar-refractivity contribution >= 4 is 22.6 Å². The molecule has 7 heteroatoms. The van der Waals surface area contributed by atoms with E-state index in [1.54, 1.807) is 6.07 Å². The van der Waals surface area contributed by atoms with E-state index in [-0.39, 0.29) is 5.82 Å². The Labute approximate surface area is 183 Å². The van der Waals surface area contributed by atoms with Crippen LogP contribution in [0, 0.1) is 5.82 Å². The Morgan fingerprint density at radius 2 is 1.84 bits per heavy atom. The van der Waals surface area contributed by atoms with Gasteiger partial charge < -0.3 is 9.72 Å². The maximum Gasteiger partial charge on any atom is 0.148 e. The minimum atomic E-state index is -0.368. The molecule has 154 valence electrons. The van der Waals surface area contributed by atoms with E-state index in [1.165, 1.54) is 19.2 Å². The number of nitrogens with zero attached hydrogens (tertiary/aromatic N) is 3. The van der Waals surface area contributed by atoms with E-state index in [0.29, 0.717) is 28.6 Å². The van der Waals surface area contributed by atoms with E-state index in [1.807, 2.05) is 59.3 Å². The van der Waals surface area contributed by atoms with E-state index in [9.17, 15) is 4.39 Å². The molecule has 5 rings (SSSR count). The van der Waals surface area contributed by atoms with Crippen molar-refractivity contribution in [3.8, 4) is 22.8 Å². The molecule has 5 nitrogen and oxygen atoms in total. The SMILES string of the molecule is COc1cc(F)ccc1-c1nc(Cc2nc3ccccc3[nH]2)cn1-c1ccc(Cl)cc1. The molecule has 0 fully saturated rings. The standard InChI is InChI=1S/C24H18ClFN4O/c1-31-22-12-16(26)8-11-19(22)24-27-17(14-30(24)18-9-6-15(25)7-10-18)13-23-28-20-4-2-3-5-21(20)29-23/h2-12,14H,13H2,1H3,(H,28,29). The highest BCUT2D eigenvalue weighted by atomic mass is 35.5. The zero-order chi connectivity index (χ0) is 21.4. The predicted octanol–water partition coefficient (Wildman–Crippen LogP) is 5.81. The third kappa shape index (κ3) is 3.78. The first-order chi connectivity index (χ1) is 15.1. The van der Waals surface area contributed by atoms with Gasteiger partial charge in [0.2, 0.25) is 0 Å². The van der Waals surface area contributed by atoms with Crippen molar-refractivity contribution < 1.29 is 9.13 Å². The molecule has 0 amide bonds. The maximum atomic E-state index is 13.8. The Bertz CT molecular complexity index is 1340. The zero-order valence-electron chi connectivity index (χ0n) is 16.6. The van der Waals surface area contributed by atoms with Gasteiger partial charge in [-0.2, -0.15) is 0 Å². The summed E-state index contributed by atoms with van der Waals surface area (Å²) in [5, 5.41) is 0.646. The van der Waals surface area contributed by atoms with Crippen LogP contribution in [-0.2, 0) is 6.42 Å². The number of hydrogen-bond donors (Lipinski definition) is 1. The van der Waals surface area contributed by atoms with Crippen LogP contribution in [0.5, 0.6) is 5.75 Å². The van der Waals surface area contributed by atoms with Crippen LogP contribution in [0.2, 0.25) is 5.02 Å². The molecule has 1 N–H and O–H groups in total. The first-order valence-electron chi connectivity index (χ1n) is 9.72. The van der Waals surface area contributed by atoms with Crippen LogP contribution < -0.4 is 4.74 Å². The number of methoxy groups -OCH3 is 1. The molecule has 5 aromatic rings. The van der Waals surface area contributed by atoms with Crippen LogP contribution in [0.15, 0.2) is 72.9 Å². The number of H-pyrrole nitrogens is 1. The van der Waals surface area contributed by atoms with Gasteiger partial charge in [0, 0.05) is 29.4 Å². The molecular weight excluding hydrogens is 415 g/mol. The first-order valence-corrected chi connectivity index (χ1v) is 10.1. The number of ether oxygens (including phenoxy) is 1. The van der Waals surface area contributed by atoms with E-state index in [0.717, 1.165) is 28.2 Å². The first kappa shape index (κ1) is 19.3. The van der Waals surface area contributed by atoms with Crippen LogP contribution in [-0.4, -0.2) is 26.6 Å². The van der Waals surface area contributed by atoms with Gasteiger partial charge in [-0.3, -0.25) is 4.57 Å². The number of aromatic amines is 1. The Balaban J connectivity index is 1.62. The van der Waals surface area contributed by atoms with Crippen LogP contribution >= 0.6 is 11.6 Å². The molecule has 0 aliphatic rings. The quantitative estimate of drug-likeness (QED) is 0.381. The second-order valence-corrected chi connectivity index (χ2v) is 7.56. The molecule has 0 saturated heterocycles. The molecule has 2 heterocycles. The van der Waals surface area contributed by atoms with E-state index in [4.69, 9.17) is 21.3 Å². The monoisotopic (exact) mass is 432 g/mol. The minimum absolute atomic E-state index is 0.368. The van der Waals surface area contributed by atoms with Gasteiger partial charge in [-0.25, -0.2) is 14.4 Å². The minimum Gasteiger partial charge on any atom is -0.496 e. The average molecular weight is 433 g/mol. The molecule has 0 unspecified atom stereocenters. The summed E-state index contributed by atoms with van der Waals surface area (Å²) in [6, 6.07) is 19.8. The molecule has 0 saturated carbocycles.